The molecule has 7 nitrogen and oxygen atoms in total. The molecule has 2 rings (SSSR count). The normalized spacial score (nSPS) is 20.2. The summed E-state index contributed by atoms with van der Waals surface area (Å²) < 4.78 is 7.30. The van der Waals surface area contributed by atoms with Crippen LogP contribution in [0.4, 0.5) is 5.82 Å². The Bertz CT molecular complexity index is 589. The molecule has 1 aliphatic heterocycles. The van der Waals surface area contributed by atoms with E-state index in [1.54, 1.807) is 14.0 Å². The second-order valence-corrected chi connectivity index (χ2v) is 5.82. The molecule has 1 amide bonds. The Balaban J connectivity index is 2.46. The number of nitrogens with one attached hydrogen (secondary N) is 1. The zero-order valence-corrected chi connectivity index (χ0v) is 13.9. The zero-order valence-electron chi connectivity index (χ0n) is 12.3. The van der Waals surface area contributed by atoms with Crippen molar-refractivity contribution >= 4 is 27.7 Å². The molecule has 1 fully saturated rings. The highest BCUT2D eigenvalue weighted by atomic mass is 79.9. The predicted molar refractivity (Wildman–Crippen MR) is 82.6 cm³/mol. The van der Waals surface area contributed by atoms with Crippen molar-refractivity contribution in [3.05, 3.63) is 21.2 Å². The van der Waals surface area contributed by atoms with Gasteiger partial charge in [0.25, 0.3) is 5.56 Å². The summed E-state index contributed by atoms with van der Waals surface area (Å²) in [6.07, 6.45) is 1.54. The minimum absolute atomic E-state index is 0.0667. The van der Waals surface area contributed by atoms with Gasteiger partial charge in [0.15, 0.2) is 5.82 Å². The maximum Gasteiger partial charge on any atom is 0.294 e. The third-order valence-corrected chi connectivity index (χ3v) is 3.95. The van der Waals surface area contributed by atoms with Gasteiger partial charge in [-0.3, -0.25) is 14.2 Å². The summed E-state index contributed by atoms with van der Waals surface area (Å²) in [5.41, 5.74) is -0.275. The van der Waals surface area contributed by atoms with Gasteiger partial charge < -0.3 is 15.0 Å². The predicted octanol–water partition coefficient (Wildman–Crippen LogP) is 0.538. The number of ether oxygens (including phenoxy) is 1. The van der Waals surface area contributed by atoms with Crippen LogP contribution in [-0.4, -0.2) is 48.3 Å². The molecule has 2 unspecified atom stereocenters. The molecule has 21 heavy (non-hydrogen) atoms. The van der Waals surface area contributed by atoms with Crippen molar-refractivity contribution in [1.82, 2.24) is 14.9 Å². The van der Waals surface area contributed by atoms with E-state index in [0.29, 0.717) is 30.2 Å². The quantitative estimate of drug-likeness (QED) is 0.853. The average Bonchev–Trinajstić information content (AvgIpc) is 2.48. The van der Waals surface area contributed by atoms with Crippen LogP contribution in [0.2, 0.25) is 0 Å². The van der Waals surface area contributed by atoms with Crippen molar-refractivity contribution in [2.45, 2.75) is 25.9 Å². The van der Waals surface area contributed by atoms with Crippen molar-refractivity contribution in [1.29, 1.82) is 0 Å². The van der Waals surface area contributed by atoms with E-state index in [9.17, 15) is 9.59 Å². The number of morpholine rings is 1. The van der Waals surface area contributed by atoms with E-state index in [1.165, 1.54) is 10.8 Å². The van der Waals surface area contributed by atoms with Gasteiger partial charge in [-0.05, 0) is 29.8 Å². The monoisotopic (exact) mass is 358 g/mol. The zero-order chi connectivity index (χ0) is 15.6. The lowest BCUT2D eigenvalue weighted by Crippen LogP contribution is -2.47. The lowest BCUT2D eigenvalue weighted by Gasteiger charge is -2.34. The number of aromatic nitrogens is 2. The van der Waals surface area contributed by atoms with Gasteiger partial charge in [0.1, 0.15) is 10.6 Å². The van der Waals surface area contributed by atoms with Gasteiger partial charge in [0.05, 0.1) is 19.3 Å². The topological polar surface area (TPSA) is 76.5 Å². The number of halogens is 1. The minimum Gasteiger partial charge on any atom is -0.377 e. The number of carbonyl (C=O) groups is 1. The molecule has 1 saturated heterocycles. The Morgan fingerprint density at radius 3 is 2.95 bits per heavy atom. The maximum atomic E-state index is 12.6. The van der Waals surface area contributed by atoms with Crippen molar-refractivity contribution < 1.29 is 9.53 Å². The van der Waals surface area contributed by atoms with Gasteiger partial charge in [-0.1, -0.05) is 0 Å². The second kappa shape index (κ2) is 6.57. The Hall–Kier alpha value is -1.41. The lowest BCUT2D eigenvalue weighted by molar-refractivity contribution is -0.123. The van der Waals surface area contributed by atoms with E-state index >= 15 is 0 Å². The Morgan fingerprint density at radius 1 is 1.62 bits per heavy atom. The van der Waals surface area contributed by atoms with Crippen molar-refractivity contribution in [2.24, 2.45) is 0 Å². The summed E-state index contributed by atoms with van der Waals surface area (Å²) in [4.78, 5) is 30.6. The maximum absolute atomic E-state index is 12.6. The molecule has 0 aliphatic carbocycles. The first-order valence-electron chi connectivity index (χ1n) is 6.80. The molecule has 2 heterocycles. The summed E-state index contributed by atoms with van der Waals surface area (Å²) in [7, 11) is 1.55. The van der Waals surface area contributed by atoms with Gasteiger partial charge in [-0.2, -0.15) is 0 Å². The molecule has 0 saturated carbocycles. The number of rotatable bonds is 3. The van der Waals surface area contributed by atoms with Crippen LogP contribution in [0.25, 0.3) is 0 Å². The number of amides is 1. The first-order chi connectivity index (χ1) is 9.95. The molecule has 0 spiro atoms. The summed E-state index contributed by atoms with van der Waals surface area (Å²) >= 11 is 3.31. The highest BCUT2D eigenvalue weighted by molar-refractivity contribution is 9.10. The molecule has 0 aromatic carbocycles. The highest BCUT2D eigenvalue weighted by Crippen LogP contribution is 2.17. The van der Waals surface area contributed by atoms with Crippen LogP contribution in [0.1, 0.15) is 19.9 Å². The third kappa shape index (κ3) is 3.26. The van der Waals surface area contributed by atoms with Crippen molar-refractivity contribution in [2.75, 3.05) is 31.7 Å². The molecular weight excluding hydrogens is 340 g/mol. The lowest BCUT2D eigenvalue weighted by atomic mass is 10.2. The molecule has 0 radical (unpaired) electrons. The fourth-order valence-corrected chi connectivity index (χ4v) is 2.71. The summed E-state index contributed by atoms with van der Waals surface area (Å²) in [6, 6.07) is -0.533. The summed E-state index contributed by atoms with van der Waals surface area (Å²) in [6.45, 7) is 5.38. The van der Waals surface area contributed by atoms with Gasteiger partial charge in [-0.15, -0.1) is 0 Å². The number of hydrogen-bond acceptors (Lipinski definition) is 5. The van der Waals surface area contributed by atoms with Crippen LogP contribution in [0.5, 0.6) is 0 Å². The van der Waals surface area contributed by atoms with E-state index in [4.69, 9.17) is 4.74 Å². The molecule has 116 valence electrons. The Morgan fingerprint density at radius 2 is 2.33 bits per heavy atom. The smallest absolute Gasteiger partial charge is 0.294 e. The van der Waals surface area contributed by atoms with Crippen molar-refractivity contribution in [3.8, 4) is 0 Å². The molecule has 2 atom stereocenters. The van der Waals surface area contributed by atoms with Crippen molar-refractivity contribution in [3.63, 3.8) is 0 Å². The molecule has 1 aliphatic rings. The highest BCUT2D eigenvalue weighted by Gasteiger charge is 2.26. The summed E-state index contributed by atoms with van der Waals surface area (Å²) in [5, 5.41) is 2.55. The first kappa shape index (κ1) is 16.0. The van der Waals surface area contributed by atoms with Crippen LogP contribution >= 0.6 is 15.9 Å². The number of hydrogen-bond donors (Lipinski definition) is 1. The number of nitrogens with zero attached hydrogens (tertiary/aromatic N) is 3. The van der Waals surface area contributed by atoms with Gasteiger partial charge in [0.2, 0.25) is 5.91 Å². The number of likely N-dealkylation sites (N-methyl/N-ethyl adjacent to an activating group) is 1. The molecule has 1 aromatic rings. The van der Waals surface area contributed by atoms with Crippen LogP contribution in [0.3, 0.4) is 0 Å². The Labute approximate surface area is 131 Å². The largest absolute Gasteiger partial charge is 0.377 e. The van der Waals surface area contributed by atoms with E-state index in [0.717, 1.165) is 0 Å². The standard InChI is InChI=1S/C13H19BrN4O3/c1-8-7-21-5-4-17(8)11-13(20)18(6-10(14)16-11)9(2)12(19)15-3/h6,8-9H,4-5,7H2,1-3H3,(H,15,19). The van der Waals surface area contributed by atoms with Gasteiger partial charge in [-0.25, -0.2) is 4.98 Å². The number of anilines is 1. The molecule has 0 bridgehead atoms. The first-order valence-corrected chi connectivity index (χ1v) is 7.59. The minimum atomic E-state index is -0.600. The fraction of sp³-hybridized carbons (Fsp3) is 0.615. The van der Waals surface area contributed by atoms with Crippen LogP contribution < -0.4 is 15.8 Å². The average molecular weight is 359 g/mol. The van der Waals surface area contributed by atoms with Gasteiger partial charge in [0, 0.05) is 19.8 Å². The van der Waals surface area contributed by atoms with E-state index in [1.807, 2.05) is 11.8 Å². The summed E-state index contributed by atoms with van der Waals surface area (Å²) in [5.74, 6) is 0.118. The van der Waals surface area contributed by atoms with E-state index in [-0.39, 0.29) is 17.5 Å². The molecular formula is C13H19BrN4O3. The SMILES string of the molecule is CNC(=O)C(C)n1cc(Br)nc(N2CCOCC2C)c1=O. The fourth-order valence-electron chi connectivity index (χ4n) is 2.32. The van der Waals surface area contributed by atoms with Gasteiger partial charge >= 0.3 is 0 Å². The number of carbonyl (C=O) groups excluding carboxylic acids is 1. The van der Waals surface area contributed by atoms with Crippen LogP contribution in [-0.2, 0) is 9.53 Å². The van der Waals surface area contributed by atoms with Crippen LogP contribution in [0.15, 0.2) is 15.6 Å². The van der Waals surface area contributed by atoms with E-state index in [2.05, 4.69) is 26.2 Å². The van der Waals surface area contributed by atoms with Crippen LogP contribution in [0, 0.1) is 0 Å². The molecule has 8 heteroatoms. The molecule has 1 aromatic heterocycles. The Kier molecular flexibility index (Phi) is 5.00. The third-order valence-electron chi connectivity index (χ3n) is 3.57. The van der Waals surface area contributed by atoms with E-state index < -0.39 is 6.04 Å². The second-order valence-electron chi connectivity index (χ2n) is 5.01. The molecule has 1 N–H and O–H groups in total.